The lowest BCUT2D eigenvalue weighted by Crippen LogP contribution is -2.27. The van der Waals surface area contributed by atoms with Crippen molar-refractivity contribution in [2.24, 2.45) is 0 Å². The van der Waals surface area contributed by atoms with Crippen molar-refractivity contribution < 1.29 is 9.47 Å². The van der Waals surface area contributed by atoms with Crippen LogP contribution < -0.4 is 0 Å². The lowest BCUT2D eigenvalue weighted by Gasteiger charge is -2.16. The molecule has 0 amide bonds. The topological polar surface area (TPSA) is 24.9 Å². The van der Waals surface area contributed by atoms with Gasteiger partial charge in [-0.25, -0.2) is 0 Å². The maximum Gasteiger partial charge on any atom is 0.0594 e. The van der Waals surface area contributed by atoms with E-state index < -0.39 is 0 Å². The SMILES string of the molecule is COCCN(C)CCOCCN(C)C. The predicted molar refractivity (Wildman–Crippen MR) is 58.7 cm³/mol. The first kappa shape index (κ1) is 13.8. The molecule has 0 aliphatic rings. The van der Waals surface area contributed by atoms with Crippen LogP contribution in [0, 0.1) is 0 Å². The van der Waals surface area contributed by atoms with Gasteiger partial charge in [-0.2, -0.15) is 0 Å². The summed E-state index contributed by atoms with van der Waals surface area (Å²) in [5.74, 6) is 0. The Kier molecular flexibility index (Phi) is 9.29. The molecule has 0 rings (SSSR count). The molecule has 0 bridgehead atoms. The van der Waals surface area contributed by atoms with Crippen molar-refractivity contribution in [3.05, 3.63) is 0 Å². The summed E-state index contributed by atoms with van der Waals surface area (Å²) in [6, 6.07) is 0. The summed E-state index contributed by atoms with van der Waals surface area (Å²) in [7, 11) is 7.90. The number of likely N-dealkylation sites (N-methyl/N-ethyl adjacent to an activating group) is 2. The quantitative estimate of drug-likeness (QED) is 0.499. The highest BCUT2D eigenvalue weighted by Crippen LogP contribution is 1.84. The van der Waals surface area contributed by atoms with Crippen molar-refractivity contribution in [1.82, 2.24) is 9.80 Å². The molecule has 0 aromatic heterocycles. The van der Waals surface area contributed by atoms with E-state index in [-0.39, 0.29) is 0 Å². The van der Waals surface area contributed by atoms with E-state index in [1.807, 2.05) is 14.1 Å². The van der Waals surface area contributed by atoms with Gasteiger partial charge in [0.15, 0.2) is 0 Å². The molecule has 0 saturated heterocycles. The summed E-state index contributed by atoms with van der Waals surface area (Å²) in [6.45, 7) is 5.32. The van der Waals surface area contributed by atoms with Gasteiger partial charge in [0, 0.05) is 26.7 Å². The van der Waals surface area contributed by atoms with Crippen LogP contribution in [0.3, 0.4) is 0 Å². The minimum Gasteiger partial charge on any atom is -0.383 e. The third-order valence-electron chi connectivity index (χ3n) is 1.98. The van der Waals surface area contributed by atoms with Crippen LogP contribution in [0.25, 0.3) is 0 Å². The van der Waals surface area contributed by atoms with Crippen molar-refractivity contribution in [2.75, 3.05) is 67.7 Å². The van der Waals surface area contributed by atoms with E-state index in [1.54, 1.807) is 7.11 Å². The summed E-state index contributed by atoms with van der Waals surface area (Å²) >= 11 is 0. The fraction of sp³-hybridized carbons (Fsp3) is 1.00. The maximum atomic E-state index is 5.47. The Bertz CT molecular complexity index is 121. The predicted octanol–water partition coefficient (Wildman–Crippen LogP) is 0.143. The molecular weight excluding hydrogens is 180 g/mol. The van der Waals surface area contributed by atoms with Crippen LogP contribution in [0.1, 0.15) is 0 Å². The third kappa shape index (κ3) is 9.92. The van der Waals surface area contributed by atoms with Crippen LogP contribution in [-0.2, 0) is 9.47 Å². The first-order chi connectivity index (χ1) is 6.66. The van der Waals surface area contributed by atoms with E-state index in [1.165, 1.54) is 0 Å². The smallest absolute Gasteiger partial charge is 0.0594 e. The standard InChI is InChI=1S/C10H24N2O2/c1-11(2)5-9-14-10-7-12(3)6-8-13-4/h5-10H2,1-4H3. The highest BCUT2D eigenvalue weighted by Gasteiger charge is 1.97. The van der Waals surface area contributed by atoms with Crippen molar-refractivity contribution in [2.45, 2.75) is 0 Å². The number of methoxy groups -OCH3 is 1. The molecule has 0 unspecified atom stereocenters. The average Bonchev–Trinajstić information content (AvgIpc) is 2.13. The number of hydrogen-bond acceptors (Lipinski definition) is 4. The molecule has 0 heterocycles. The average molecular weight is 204 g/mol. The molecule has 4 heteroatoms. The molecular formula is C10H24N2O2. The van der Waals surface area contributed by atoms with Crippen molar-refractivity contribution >= 4 is 0 Å². The van der Waals surface area contributed by atoms with Crippen LogP contribution in [0.15, 0.2) is 0 Å². The van der Waals surface area contributed by atoms with Gasteiger partial charge in [-0.05, 0) is 21.1 Å². The fourth-order valence-corrected chi connectivity index (χ4v) is 0.928. The van der Waals surface area contributed by atoms with Gasteiger partial charge in [-0.3, -0.25) is 0 Å². The first-order valence-corrected chi connectivity index (χ1v) is 5.06. The van der Waals surface area contributed by atoms with Crippen LogP contribution >= 0.6 is 0 Å². The number of hydrogen-bond donors (Lipinski definition) is 0. The Balaban J connectivity index is 3.10. The second kappa shape index (κ2) is 9.40. The lowest BCUT2D eigenvalue weighted by atomic mass is 10.5. The van der Waals surface area contributed by atoms with Crippen LogP contribution in [0.2, 0.25) is 0 Å². The normalized spacial score (nSPS) is 11.6. The van der Waals surface area contributed by atoms with Crippen molar-refractivity contribution in [3.63, 3.8) is 0 Å². The Morgan fingerprint density at radius 2 is 1.43 bits per heavy atom. The summed E-state index contributed by atoms with van der Waals surface area (Å²) in [4.78, 5) is 4.33. The molecule has 0 aromatic carbocycles. The molecule has 0 spiro atoms. The highest BCUT2D eigenvalue weighted by atomic mass is 16.5. The number of nitrogens with zero attached hydrogens (tertiary/aromatic N) is 2. The molecule has 0 fully saturated rings. The molecule has 0 aliphatic heterocycles. The monoisotopic (exact) mass is 204 g/mol. The highest BCUT2D eigenvalue weighted by molar-refractivity contribution is 4.49. The van der Waals surface area contributed by atoms with Crippen molar-refractivity contribution in [1.29, 1.82) is 0 Å². The molecule has 0 radical (unpaired) electrons. The van der Waals surface area contributed by atoms with Gasteiger partial charge in [0.1, 0.15) is 0 Å². The lowest BCUT2D eigenvalue weighted by molar-refractivity contribution is 0.0892. The molecule has 0 saturated carbocycles. The second-order valence-electron chi connectivity index (χ2n) is 3.71. The molecule has 0 atom stereocenters. The Morgan fingerprint density at radius 3 is 2.00 bits per heavy atom. The molecule has 0 aromatic rings. The zero-order valence-corrected chi connectivity index (χ0v) is 9.95. The molecule has 0 N–H and O–H groups in total. The van der Waals surface area contributed by atoms with Gasteiger partial charge in [0.2, 0.25) is 0 Å². The molecule has 86 valence electrons. The van der Waals surface area contributed by atoms with Crippen LogP contribution in [0.4, 0.5) is 0 Å². The largest absolute Gasteiger partial charge is 0.383 e. The van der Waals surface area contributed by atoms with Gasteiger partial charge in [0.25, 0.3) is 0 Å². The van der Waals surface area contributed by atoms with E-state index in [4.69, 9.17) is 9.47 Å². The van der Waals surface area contributed by atoms with Crippen molar-refractivity contribution in [3.8, 4) is 0 Å². The minimum absolute atomic E-state index is 0.786. The van der Waals surface area contributed by atoms with Gasteiger partial charge in [0.05, 0.1) is 19.8 Å². The van der Waals surface area contributed by atoms with E-state index in [9.17, 15) is 0 Å². The first-order valence-electron chi connectivity index (χ1n) is 5.06. The summed E-state index contributed by atoms with van der Waals surface area (Å²) in [5, 5.41) is 0. The molecule has 4 nitrogen and oxygen atoms in total. The fourth-order valence-electron chi connectivity index (χ4n) is 0.928. The molecule has 14 heavy (non-hydrogen) atoms. The Hall–Kier alpha value is -0.160. The van der Waals surface area contributed by atoms with E-state index >= 15 is 0 Å². The minimum atomic E-state index is 0.786. The zero-order valence-electron chi connectivity index (χ0n) is 9.95. The zero-order chi connectivity index (χ0) is 10.8. The van der Waals surface area contributed by atoms with E-state index in [2.05, 4.69) is 16.8 Å². The van der Waals surface area contributed by atoms with Crippen LogP contribution in [-0.4, -0.2) is 77.5 Å². The van der Waals surface area contributed by atoms with E-state index in [0.29, 0.717) is 0 Å². The van der Waals surface area contributed by atoms with Crippen LogP contribution in [0.5, 0.6) is 0 Å². The van der Waals surface area contributed by atoms with Gasteiger partial charge in [-0.15, -0.1) is 0 Å². The van der Waals surface area contributed by atoms with E-state index in [0.717, 1.165) is 39.5 Å². The number of rotatable bonds is 9. The maximum absolute atomic E-state index is 5.47. The number of ether oxygens (including phenoxy) is 2. The third-order valence-corrected chi connectivity index (χ3v) is 1.98. The summed E-state index contributed by atoms with van der Waals surface area (Å²) in [5.41, 5.74) is 0. The van der Waals surface area contributed by atoms with Gasteiger partial charge in [-0.1, -0.05) is 0 Å². The van der Waals surface area contributed by atoms with Gasteiger partial charge < -0.3 is 19.3 Å². The Labute approximate surface area is 87.8 Å². The second-order valence-corrected chi connectivity index (χ2v) is 3.71. The Morgan fingerprint density at radius 1 is 0.857 bits per heavy atom. The molecule has 0 aliphatic carbocycles. The summed E-state index contributed by atoms with van der Waals surface area (Å²) < 4.78 is 10.5. The summed E-state index contributed by atoms with van der Waals surface area (Å²) in [6.07, 6.45) is 0. The van der Waals surface area contributed by atoms with Gasteiger partial charge >= 0.3 is 0 Å².